The summed E-state index contributed by atoms with van der Waals surface area (Å²) < 4.78 is 13.1. The van der Waals surface area contributed by atoms with Gasteiger partial charge in [-0.25, -0.2) is 4.39 Å². The van der Waals surface area contributed by atoms with E-state index in [0.29, 0.717) is 12.1 Å². The predicted molar refractivity (Wildman–Crippen MR) is 73.1 cm³/mol. The number of hydrogen-bond donors (Lipinski definition) is 2. The standard InChI is InChI=1S/C15H24FNO/c1-3-4-5-6-9-17-11-15(18)13-7-8-14(16)12(2)10-13/h7-8,10,15,17-18H,3-6,9,11H2,1-2H3. The molecule has 1 aromatic carbocycles. The second kappa shape index (κ2) is 8.22. The van der Waals surface area contributed by atoms with Crippen LogP contribution in [0, 0.1) is 12.7 Å². The summed E-state index contributed by atoms with van der Waals surface area (Å²) in [5.41, 5.74) is 1.35. The Morgan fingerprint density at radius 3 is 2.72 bits per heavy atom. The zero-order valence-corrected chi connectivity index (χ0v) is 11.4. The summed E-state index contributed by atoms with van der Waals surface area (Å²) in [6, 6.07) is 4.76. The molecule has 102 valence electrons. The Balaban J connectivity index is 2.27. The van der Waals surface area contributed by atoms with E-state index in [-0.39, 0.29) is 5.82 Å². The van der Waals surface area contributed by atoms with Crippen molar-refractivity contribution < 1.29 is 9.50 Å². The van der Waals surface area contributed by atoms with E-state index in [4.69, 9.17) is 0 Å². The number of hydrogen-bond acceptors (Lipinski definition) is 2. The van der Waals surface area contributed by atoms with Crippen LogP contribution in [0.2, 0.25) is 0 Å². The highest BCUT2D eigenvalue weighted by molar-refractivity contribution is 5.25. The molecule has 1 atom stereocenters. The van der Waals surface area contributed by atoms with Crippen LogP contribution >= 0.6 is 0 Å². The number of aliphatic hydroxyl groups excluding tert-OH is 1. The lowest BCUT2D eigenvalue weighted by molar-refractivity contribution is 0.174. The van der Waals surface area contributed by atoms with Crippen molar-refractivity contribution in [2.24, 2.45) is 0 Å². The zero-order valence-electron chi connectivity index (χ0n) is 11.4. The second-order valence-electron chi connectivity index (χ2n) is 4.79. The molecule has 3 heteroatoms. The topological polar surface area (TPSA) is 32.3 Å². The van der Waals surface area contributed by atoms with Crippen LogP contribution in [0.1, 0.15) is 49.8 Å². The molecule has 0 saturated heterocycles. The van der Waals surface area contributed by atoms with E-state index in [0.717, 1.165) is 18.5 Å². The van der Waals surface area contributed by atoms with Crippen LogP contribution < -0.4 is 5.32 Å². The highest BCUT2D eigenvalue weighted by Gasteiger charge is 2.08. The fourth-order valence-electron chi connectivity index (χ4n) is 1.91. The predicted octanol–water partition coefficient (Wildman–Crippen LogP) is 3.34. The van der Waals surface area contributed by atoms with Crippen molar-refractivity contribution in [3.05, 3.63) is 35.1 Å². The van der Waals surface area contributed by atoms with Gasteiger partial charge in [0.05, 0.1) is 6.10 Å². The summed E-state index contributed by atoms with van der Waals surface area (Å²) in [7, 11) is 0. The van der Waals surface area contributed by atoms with E-state index in [1.165, 1.54) is 25.3 Å². The number of unbranched alkanes of at least 4 members (excludes halogenated alkanes) is 3. The molecule has 0 spiro atoms. The van der Waals surface area contributed by atoms with E-state index in [9.17, 15) is 9.50 Å². The van der Waals surface area contributed by atoms with Crippen LogP contribution in [-0.4, -0.2) is 18.2 Å². The molecule has 0 fully saturated rings. The maximum absolute atomic E-state index is 13.1. The van der Waals surface area contributed by atoms with Crippen LogP contribution in [0.15, 0.2) is 18.2 Å². The fraction of sp³-hybridized carbons (Fsp3) is 0.600. The van der Waals surface area contributed by atoms with E-state index in [2.05, 4.69) is 12.2 Å². The Morgan fingerprint density at radius 2 is 2.06 bits per heavy atom. The Hall–Kier alpha value is -0.930. The molecule has 0 radical (unpaired) electrons. The molecule has 0 heterocycles. The third-order valence-corrected chi connectivity index (χ3v) is 3.11. The molecule has 0 aliphatic rings. The zero-order chi connectivity index (χ0) is 13.4. The van der Waals surface area contributed by atoms with Crippen molar-refractivity contribution in [2.45, 2.75) is 45.6 Å². The van der Waals surface area contributed by atoms with Crippen molar-refractivity contribution >= 4 is 0 Å². The minimum Gasteiger partial charge on any atom is -0.387 e. The van der Waals surface area contributed by atoms with E-state index >= 15 is 0 Å². The Morgan fingerprint density at radius 1 is 1.28 bits per heavy atom. The number of benzene rings is 1. The lowest BCUT2D eigenvalue weighted by atomic mass is 10.1. The molecule has 0 saturated carbocycles. The molecule has 2 N–H and O–H groups in total. The molecule has 18 heavy (non-hydrogen) atoms. The number of halogens is 1. The summed E-state index contributed by atoms with van der Waals surface area (Å²) in [5, 5.41) is 13.2. The Bertz CT molecular complexity index is 354. The summed E-state index contributed by atoms with van der Waals surface area (Å²) >= 11 is 0. The lowest BCUT2D eigenvalue weighted by Crippen LogP contribution is -2.22. The van der Waals surface area contributed by atoms with Crippen molar-refractivity contribution in [1.82, 2.24) is 5.32 Å². The van der Waals surface area contributed by atoms with Crippen LogP contribution in [0.5, 0.6) is 0 Å². The van der Waals surface area contributed by atoms with Crippen molar-refractivity contribution in [1.29, 1.82) is 0 Å². The highest BCUT2D eigenvalue weighted by atomic mass is 19.1. The average Bonchev–Trinajstić information content (AvgIpc) is 2.36. The second-order valence-corrected chi connectivity index (χ2v) is 4.79. The number of nitrogens with one attached hydrogen (secondary N) is 1. The lowest BCUT2D eigenvalue weighted by Gasteiger charge is -2.13. The van der Waals surface area contributed by atoms with Crippen LogP contribution in [0.4, 0.5) is 4.39 Å². The average molecular weight is 253 g/mol. The van der Waals surface area contributed by atoms with Crippen LogP contribution in [0.25, 0.3) is 0 Å². The first-order chi connectivity index (χ1) is 8.65. The fourth-order valence-corrected chi connectivity index (χ4v) is 1.91. The maximum Gasteiger partial charge on any atom is 0.126 e. The van der Waals surface area contributed by atoms with Gasteiger partial charge in [0.2, 0.25) is 0 Å². The van der Waals surface area contributed by atoms with Crippen molar-refractivity contribution in [3.8, 4) is 0 Å². The molecule has 0 aliphatic heterocycles. The summed E-state index contributed by atoms with van der Waals surface area (Å²) in [5.74, 6) is -0.224. The third-order valence-electron chi connectivity index (χ3n) is 3.11. The first-order valence-corrected chi connectivity index (χ1v) is 6.80. The minimum atomic E-state index is -0.560. The van der Waals surface area contributed by atoms with Gasteiger partial charge in [0.15, 0.2) is 0 Å². The SMILES string of the molecule is CCCCCCNCC(O)c1ccc(F)c(C)c1. The van der Waals surface area contributed by atoms with Crippen LogP contribution in [-0.2, 0) is 0 Å². The summed E-state index contributed by atoms with van der Waals surface area (Å²) in [6.45, 7) is 5.35. The van der Waals surface area contributed by atoms with Gasteiger partial charge in [0.25, 0.3) is 0 Å². The van der Waals surface area contributed by atoms with Gasteiger partial charge >= 0.3 is 0 Å². The maximum atomic E-state index is 13.1. The van der Waals surface area contributed by atoms with E-state index in [1.807, 2.05) is 0 Å². The Kier molecular flexibility index (Phi) is 6.91. The molecule has 1 unspecified atom stereocenters. The van der Waals surface area contributed by atoms with Gasteiger partial charge in [-0.05, 0) is 37.1 Å². The van der Waals surface area contributed by atoms with Gasteiger partial charge in [-0.3, -0.25) is 0 Å². The van der Waals surface area contributed by atoms with Gasteiger partial charge in [0, 0.05) is 6.54 Å². The molecule has 0 aliphatic carbocycles. The van der Waals surface area contributed by atoms with Gasteiger partial charge in [0.1, 0.15) is 5.82 Å². The smallest absolute Gasteiger partial charge is 0.126 e. The Labute approximate surface area is 109 Å². The van der Waals surface area contributed by atoms with E-state index < -0.39 is 6.10 Å². The molecular formula is C15H24FNO. The largest absolute Gasteiger partial charge is 0.387 e. The summed E-state index contributed by atoms with van der Waals surface area (Å²) in [4.78, 5) is 0. The molecular weight excluding hydrogens is 229 g/mol. The molecule has 1 rings (SSSR count). The number of rotatable bonds is 8. The van der Waals surface area contributed by atoms with Crippen molar-refractivity contribution in [2.75, 3.05) is 13.1 Å². The molecule has 2 nitrogen and oxygen atoms in total. The first-order valence-electron chi connectivity index (χ1n) is 6.80. The van der Waals surface area contributed by atoms with Gasteiger partial charge in [-0.2, -0.15) is 0 Å². The third kappa shape index (κ3) is 5.15. The normalized spacial score (nSPS) is 12.7. The van der Waals surface area contributed by atoms with Gasteiger partial charge in [-0.15, -0.1) is 0 Å². The molecule has 1 aromatic rings. The number of aliphatic hydroxyl groups is 1. The van der Waals surface area contributed by atoms with Gasteiger partial charge < -0.3 is 10.4 Å². The van der Waals surface area contributed by atoms with E-state index in [1.54, 1.807) is 19.1 Å². The molecule has 0 aromatic heterocycles. The molecule has 0 amide bonds. The van der Waals surface area contributed by atoms with Crippen LogP contribution in [0.3, 0.4) is 0 Å². The monoisotopic (exact) mass is 253 g/mol. The first kappa shape index (κ1) is 15.1. The highest BCUT2D eigenvalue weighted by Crippen LogP contribution is 2.16. The quantitative estimate of drug-likeness (QED) is 0.696. The summed E-state index contributed by atoms with van der Waals surface area (Å²) in [6.07, 6.45) is 4.31. The minimum absolute atomic E-state index is 0.224. The molecule has 0 bridgehead atoms. The van der Waals surface area contributed by atoms with Crippen molar-refractivity contribution in [3.63, 3.8) is 0 Å². The number of aryl methyl sites for hydroxylation is 1. The van der Waals surface area contributed by atoms with Gasteiger partial charge in [-0.1, -0.05) is 38.3 Å².